The maximum atomic E-state index is 11.1. The largest absolute Gasteiger partial charge is 0.355 e. The predicted molar refractivity (Wildman–Crippen MR) is 69.5 cm³/mol. The monoisotopic (exact) mass is 254 g/mol. The van der Waals surface area contributed by atoms with Crippen LogP contribution in [0.2, 0.25) is 0 Å². The van der Waals surface area contributed by atoms with E-state index in [-0.39, 0.29) is 12.8 Å². The van der Waals surface area contributed by atoms with E-state index in [1.165, 1.54) is 0 Å². The molecule has 102 valence electrons. The lowest BCUT2D eigenvalue weighted by molar-refractivity contribution is -0.259. The van der Waals surface area contributed by atoms with Crippen molar-refractivity contribution in [3.05, 3.63) is 25.3 Å². The summed E-state index contributed by atoms with van der Waals surface area (Å²) in [5.74, 6) is -1.00. The van der Waals surface area contributed by atoms with Crippen LogP contribution in [0.5, 0.6) is 0 Å². The number of carbonyl (C=O) groups excluding carboxylic acids is 2. The number of hydrogen-bond donors (Lipinski definition) is 0. The van der Waals surface area contributed by atoms with Gasteiger partial charge in [-0.15, -0.1) is 13.2 Å². The third-order valence-electron chi connectivity index (χ3n) is 2.31. The fourth-order valence-corrected chi connectivity index (χ4v) is 1.29. The standard InChI is InChI=1S/C14H22O4/c1-3-5-7-9-11-13(15)17-18-14(16)12-10-8-6-4-2/h3-4H,1-2,5-12H2. The van der Waals surface area contributed by atoms with Gasteiger partial charge >= 0.3 is 11.9 Å². The lowest BCUT2D eigenvalue weighted by Gasteiger charge is -2.02. The van der Waals surface area contributed by atoms with Crippen molar-refractivity contribution >= 4 is 11.9 Å². The molecule has 0 aromatic heterocycles. The van der Waals surface area contributed by atoms with Crippen molar-refractivity contribution in [2.45, 2.75) is 51.4 Å². The number of rotatable bonds is 10. The second-order valence-electron chi connectivity index (χ2n) is 3.98. The highest BCUT2D eigenvalue weighted by atomic mass is 17.2. The van der Waals surface area contributed by atoms with E-state index >= 15 is 0 Å². The average Bonchev–Trinajstić information content (AvgIpc) is 2.37. The first-order valence-electron chi connectivity index (χ1n) is 6.32. The van der Waals surface area contributed by atoms with E-state index in [4.69, 9.17) is 0 Å². The molecule has 0 bridgehead atoms. The average molecular weight is 254 g/mol. The first kappa shape index (κ1) is 16.4. The molecule has 0 fully saturated rings. The molecule has 0 aromatic rings. The maximum absolute atomic E-state index is 11.1. The summed E-state index contributed by atoms with van der Waals surface area (Å²) >= 11 is 0. The van der Waals surface area contributed by atoms with Gasteiger partial charge in [0.1, 0.15) is 0 Å². The Bertz CT molecular complexity index is 243. The summed E-state index contributed by atoms with van der Waals surface area (Å²) in [5, 5.41) is 0. The molecule has 0 spiro atoms. The first-order valence-corrected chi connectivity index (χ1v) is 6.32. The highest BCUT2D eigenvalue weighted by molar-refractivity contribution is 5.72. The van der Waals surface area contributed by atoms with E-state index < -0.39 is 11.9 Å². The number of hydrogen-bond acceptors (Lipinski definition) is 4. The van der Waals surface area contributed by atoms with Crippen LogP contribution in [-0.4, -0.2) is 11.9 Å². The van der Waals surface area contributed by atoms with Crippen molar-refractivity contribution in [3.8, 4) is 0 Å². The zero-order valence-corrected chi connectivity index (χ0v) is 10.9. The Morgan fingerprint density at radius 1 is 0.778 bits per heavy atom. The van der Waals surface area contributed by atoms with Gasteiger partial charge in [0, 0.05) is 0 Å². The van der Waals surface area contributed by atoms with E-state index in [0.29, 0.717) is 12.8 Å². The molecule has 0 aromatic carbocycles. The van der Waals surface area contributed by atoms with E-state index in [1.807, 2.05) is 0 Å². The number of unbranched alkanes of at least 4 members (excludes halogenated alkanes) is 4. The van der Waals surface area contributed by atoms with Crippen LogP contribution in [0.15, 0.2) is 25.3 Å². The van der Waals surface area contributed by atoms with Crippen molar-refractivity contribution in [1.29, 1.82) is 0 Å². The lowest BCUT2D eigenvalue weighted by Crippen LogP contribution is -2.10. The number of carbonyl (C=O) groups is 2. The lowest BCUT2D eigenvalue weighted by atomic mass is 10.2. The minimum absolute atomic E-state index is 0.261. The SMILES string of the molecule is C=CCCCCC(=O)OOC(=O)CCCCC=C. The second kappa shape index (κ2) is 11.9. The minimum atomic E-state index is -0.501. The molecule has 0 heterocycles. The van der Waals surface area contributed by atoms with E-state index in [2.05, 4.69) is 22.9 Å². The molecule has 0 atom stereocenters. The minimum Gasteiger partial charge on any atom is -0.247 e. The number of allylic oxidation sites excluding steroid dienone is 2. The van der Waals surface area contributed by atoms with Gasteiger partial charge in [-0.25, -0.2) is 19.4 Å². The normalized spacial score (nSPS) is 9.56. The molecule has 0 aliphatic heterocycles. The van der Waals surface area contributed by atoms with Crippen LogP contribution >= 0.6 is 0 Å². The molecule has 0 rings (SSSR count). The van der Waals surface area contributed by atoms with Gasteiger partial charge in [0.25, 0.3) is 0 Å². The van der Waals surface area contributed by atoms with Gasteiger partial charge in [-0.05, 0) is 38.5 Å². The van der Waals surface area contributed by atoms with Crippen LogP contribution in [0.1, 0.15) is 51.4 Å². The molecule has 0 N–H and O–H groups in total. The fourth-order valence-electron chi connectivity index (χ4n) is 1.29. The van der Waals surface area contributed by atoms with Crippen LogP contribution in [0.25, 0.3) is 0 Å². The van der Waals surface area contributed by atoms with Gasteiger partial charge in [-0.2, -0.15) is 0 Å². The van der Waals surface area contributed by atoms with Crippen molar-refractivity contribution < 1.29 is 19.4 Å². The highest BCUT2D eigenvalue weighted by Crippen LogP contribution is 2.04. The van der Waals surface area contributed by atoms with Crippen LogP contribution in [0.4, 0.5) is 0 Å². The summed E-state index contributed by atoms with van der Waals surface area (Å²) in [5.41, 5.74) is 0. The molecule has 0 saturated heterocycles. The van der Waals surface area contributed by atoms with Gasteiger partial charge in [-0.1, -0.05) is 12.2 Å². The third-order valence-corrected chi connectivity index (χ3v) is 2.31. The quantitative estimate of drug-likeness (QED) is 0.259. The Balaban J connectivity index is 3.44. The van der Waals surface area contributed by atoms with Crippen LogP contribution in [-0.2, 0) is 19.4 Å². The summed E-state index contributed by atoms with van der Waals surface area (Å²) in [6, 6.07) is 0. The summed E-state index contributed by atoms with van der Waals surface area (Å²) in [6.07, 6.45) is 9.05. The summed E-state index contributed by atoms with van der Waals surface area (Å²) in [4.78, 5) is 31.1. The Labute approximate surface area is 109 Å². The molecular formula is C14H22O4. The van der Waals surface area contributed by atoms with Gasteiger partial charge in [0.15, 0.2) is 0 Å². The molecule has 0 unspecified atom stereocenters. The van der Waals surface area contributed by atoms with Crippen LogP contribution < -0.4 is 0 Å². The molecule has 4 heteroatoms. The Morgan fingerprint density at radius 3 is 1.50 bits per heavy atom. The zero-order chi connectivity index (χ0) is 13.6. The molecule has 0 radical (unpaired) electrons. The van der Waals surface area contributed by atoms with E-state index in [0.717, 1.165) is 25.7 Å². The Morgan fingerprint density at radius 2 is 1.17 bits per heavy atom. The Kier molecular flexibility index (Phi) is 10.8. The van der Waals surface area contributed by atoms with Crippen LogP contribution in [0.3, 0.4) is 0 Å². The topological polar surface area (TPSA) is 52.6 Å². The molecule has 18 heavy (non-hydrogen) atoms. The van der Waals surface area contributed by atoms with Gasteiger partial charge in [-0.3, -0.25) is 0 Å². The van der Waals surface area contributed by atoms with E-state index in [1.54, 1.807) is 12.2 Å². The summed E-state index contributed by atoms with van der Waals surface area (Å²) < 4.78 is 0. The fraction of sp³-hybridized carbons (Fsp3) is 0.571. The van der Waals surface area contributed by atoms with E-state index in [9.17, 15) is 9.59 Å². The maximum Gasteiger partial charge on any atom is 0.355 e. The van der Waals surface area contributed by atoms with Gasteiger partial charge in [0.05, 0.1) is 12.8 Å². The smallest absolute Gasteiger partial charge is 0.247 e. The van der Waals surface area contributed by atoms with Gasteiger partial charge in [0.2, 0.25) is 0 Å². The van der Waals surface area contributed by atoms with Crippen molar-refractivity contribution in [2.75, 3.05) is 0 Å². The van der Waals surface area contributed by atoms with Gasteiger partial charge < -0.3 is 0 Å². The summed E-state index contributed by atoms with van der Waals surface area (Å²) in [7, 11) is 0. The molecule has 0 amide bonds. The predicted octanol–water partition coefficient (Wildman–Crippen LogP) is 3.48. The molecule has 0 saturated carbocycles. The highest BCUT2D eigenvalue weighted by Gasteiger charge is 2.08. The molecular weight excluding hydrogens is 232 g/mol. The Hall–Kier alpha value is -1.58. The van der Waals surface area contributed by atoms with Crippen molar-refractivity contribution in [3.63, 3.8) is 0 Å². The van der Waals surface area contributed by atoms with Crippen molar-refractivity contribution in [1.82, 2.24) is 0 Å². The van der Waals surface area contributed by atoms with Crippen LogP contribution in [0, 0.1) is 0 Å². The zero-order valence-electron chi connectivity index (χ0n) is 10.9. The van der Waals surface area contributed by atoms with Crippen molar-refractivity contribution in [2.24, 2.45) is 0 Å². The second-order valence-corrected chi connectivity index (χ2v) is 3.98. The first-order chi connectivity index (χ1) is 8.70. The summed E-state index contributed by atoms with van der Waals surface area (Å²) in [6.45, 7) is 7.17. The molecule has 4 nitrogen and oxygen atoms in total. The molecule has 0 aliphatic rings. The third kappa shape index (κ3) is 10.9. The molecule has 0 aliphatic carbocycles.